The van der Waals surface area contributed by atoms with Crippen LogP contribution in [0.25, 0.3) is 11.5 Å². The second kappa shape index (κ2) is 6.98. The number of hydrogen-bond acceptors (Lipinski definition) is 5. The average molecular weight is 364 g/mol. The van der Waals surface area contributed by atoms with Gasteiger partial charge in [0.25, 0.3) is 0 Å². The minimum Gasteiger partial charge on any atom is -0.419 e. The number of benzene rings is 1. The summed E-state index contributed by atoms with van der Waals surface area (Å²) in [7, 11) is 0. The Labute approximate surface area is 135 Å². The molecule has 0 aliphatic rings. The van der Waals surface area contributed by atoms with Gasteiger partial charge >= 0.3 is 0 Å². The molecule has 1 N–H and O–H groups in total. The second-order valence-electron chi connectivity index (χ2n) is 4.49. The lowest BCUT2D eigenvalue weighted by Crippen LogP contribution is -2.16. The van der Waals surface area contributed by atoms with E-state index in [-0.39, 0.29) is 0 Å². The zero-order valence-corrected chi connectivity index (χ0v) is 13.7. The predicted molar refractivity (Wildman–Crippen MR) is 87.2 cm³/mol. The van der Waals surface area contributed by atoms with Crippen LogP contribution < -0.4 is 5.32 Å². The molecule has 1 aromatic carbocycles. The molecule has 6 heteroatoms. The zero-order chi connectivity index (χ0) is 14.5. The van der Waals surface area contributed by atoms with Gasteiger partial charge in [0.05, 0.1) is 12.1 Å². The van der Waals surface area contributed by atoms with Crippen molar-refractivity contribution >= 4 is 27.3 Å². The van der Waals surface area contributed by atoms with Crippen molar-refractivity contribution < 1.29 is 4.42 Å². The Morgan fingerprint density at radius 2 is 2.05 bits per heavy atom. The minimum absolute atomic E-state index is 0.539. The van der Waals surface area contributed by atoms with E-state index in [0.717, 1.165) is 23.0 Å². The van der Waals surface area contributed by atoms with Crippen LogP contribution in [-0.2, 0) is 13.0 Å². The van der Waals surface area contributed by atoms with Crippen molar-refractivity contribution in [2.45, 2.75) is 13.0 Å². The van der Waals surface area contributed by atoms with Gasteiger partial charge in [-0.3, -0.25) is 0 Å². The third kappa shape index (κ3) is 3.78. The fourth-order valence-electron chi connectivity index (χ4n) is 1.93. The SMILES string of the molecule is Brc1ccccc1-c1nnc(CNCCc2cccs2)o1. The van der Waals surface area contributed by atoms with Crippen LogP contribution in [0.2, 0.25) is 0 Å². The molecule has 0 aliphatic carbocycles. The summed E-state index contributed by atoms with van der Waals surface area (Å²) in [5.41, 5.74) is 0.912. The van der Waals surface area contributed by atoms with E-state index in [1.54, 1.807) is 11.3 Å². The van der Waals surface area contributed by atoms with Gasteiger partial charge < -0.3 is 9.73 Å². The molecule has 3 aromatic rings. The second-order valence-corrected chi connectivity index (χ2v) is 6.37. The summed E-state index contributed by atoms with van der Waals surface area (Å²) in [6.07, 6.45) is 1.02. The summed E-state index contributed by atoms with van der Waals surface area (Å²) >= 11 is 5.26. The van der Waals surface area contributed by atoms with Crippen LogP contribution in [0.3, 0.4) is 0 Å². The summed E-state index contributed by atoms with van der Waals surface area (Å²) in [5, 5.41) is 13.6. The van der Waals surface area contributed by atoms with E-state index < -0.39 is 0 Å². The first-order chi connectivity index (χ1) is 10.3. The largest absolute Gasteiger partial charge is 0.419 e. The molecule has 0 atom stereocenters. The number of hydrogen-bond donors (Lipinski definition) is 1. The Morgan fingerprint density at radius 3 is 2.86 bits per heavy atom. The maximum absolute atomic E-state index is 5.68. The van der Waals surface area contributed by atoms with Gasteiger partial charge in [0.1, 0.15) is 0 Å². The summed E-state index contributed by atoms with van der Waals surface area (Å²) in [5.74, 6) is 1.14. The topological polar surface area (TPSA) is 51.0 Å². The summed E-state index contributed by atoms with van der Waals surface area (Å²) < 4.78 is 6.63. The van der Waals surface area contributed by atoms with E-state index in [1.165, 1.54) is 4.88 Å². The first-order valence-corrected chi connectivity index (χ1v) is 8.30. The summed E-state index contributed by atoms with van der Waals surface area (Å²) in [6, 6.07) is 12.0. The highest BCUT2D eigenvalue weighted by molar-refractivity contribution is 9.10. The third-order valence-corrected chi connectivity index (χ3v) is 4.60. The quantitative estimate of drug-likeness (QED) is 0.674. The lowest BCUT2D eigenvalue weighted by atomic mass is 10.2. The van der Waals surface area contributed by atoms with Gasteiger partial charge in [0.15, 0.2) is 0 Å². The molecule has 3 rings (SSSR count). The maximum atomic E-state index is 5.68. The highest BCUT2D eigenvalue weighted by atomic mass is 79.9. The van der Waals surface area contributed by atoms with Gasteiger partial charge in [0, 0.05) is 15.9 Å². The number of rotatable bonds is 6. The lowest BCUT2D eigenvalue weighted by molar-refractivity contribution is 0.478. The van der Waals surface area contributed by atoms with Gasteiger partial charge in [-0.1, -0.05) is 18.2 Å². The highest BCUT2D eigenvalue weighted by Crippen LogP contribution is 2.26. The highest BCUT2D eigenvalue weighted by Gasteiger charge is 2.10. The normalized spacial score (nSPS) is 10.9. The molecule has 21 heavy (non-hydrogen) atoms. The van der Waals surface area contributed by atoms with Crippen molar-refractivity contribution in [3.05, 3.63) is 57.0 Å². The molecule has 0 bridgehead atoms. The molecule has 0 amide bonds. The van der Waals surface area contributed by atoms with Crippen molar-refractivity contribution in [1.82, 2.24) is 15.5 Å². The Bertz CT molecular complexity index is 697. The van der Waals surface area contributed by atoms with Crippen LogP contribution in [0.1, 0.15) is 10.8 Å². The number of halogens is 1. The molecule has 0 fully saturated rings. The Hall–Kier alpha value is -1.50. The minimum atomic E-state index is 0.539. The zero-order valence-electron chi connectivity index (χ0n) is 11.3. The molecular formula is C15H14BrN3OS. The molecule has 0 aliphatic heterocycles. The van der Waals surface area contributed by atoms with Crippen LogP contribution in [0, 0.1) is 0 Å². The summed E-state index contributed by atoms with van der Waals surface area (Å²) in [6.45, 7) is 1.48. The van der Waals surface area contributed by atoms with Crippen molar-refractivity contribution in [2.75, 3.05) is 6.54 Å². The van der Waals surface area contributed by atoms with Crippen LogP contribution in [-0.4, -0.2) is 16.7 Å². The van der Waals surface area contributed by atoms with Crippen molar-refractivity contribution in [3.8, 4) is 11.5 Å². The van der Waals surface area contributed by atoms with Crippen molar-refractivity contribution in [1.29, 1.82) is 0 Å². The van der Waals surface area contributed by atoms with Gasteiger partial charge in [-0.15, -0.1) is 21.5 Å². The van der Waals surface area contributed by atoms with Crippen molar-refractivity contribution in [2.24, 2.45) is 0 Å². The van der Waals surface area contributed by atoms with E-state index in [4.69, 9.17) is 4.42 Å². The Kier molecular flexibility index (Phi) is 4.80. The molecular weight excluding hydrogens is 350 g/mol. The monoisotopic (exact) mass is 363 g/mol. The first kappa shape index (κ1) is 14.4. The van der Waals surface area contributed by atoms with Crippen molar-refractivity contribution in [3.63, 3.8) is 0 Å². The first-order valence-electron chi connectivity index (χ1n) is 6.63. The van der Waals surface area contributed by atoms with Crippen LogP contribution in [0.15, 0.2) is 50.7 Å². The van der Waals surface area contributed by atoms with Crippen LogP contribution in [0.5, 0.6) is 0 Å². The number of aromatic nitrogens is 2. The molecule has 2 aromatic heterocycles. The Morgan fingerprint density at radius 1 is 1.14 bits per heavy atom. The van der Waals surface area contributed by atoms with E-state index >= 15 is 0 Å². The maximum Gasteiger partial charge on any atom is 0.248 e. The number of thiophene rings is 1. The number of nitrogens with one attached hydrogen (secondary N) is 1. The lowest BCUT2D eigenvalue weighted by Gasteiger charge is -2.00. The predicted octanol–water partition coefficient (Wildman–Crippen LogP) is 3.89. The molecule has 0 saturated heterocycles. The standard InChI is InChI=1S/C15H14BrN3OS/c16-13-6-2-1-5-12(13)15-19-18-14(20-15)10-17-8-7-11-4-3-9-21-11/h1-6,9,17H,7-8,10H2. The fraction of sp³-hybridized carbons (Fsp3) is 0.200. The van der Waals surface area contributed by atoms with E-state index in [2.05, 4.69) is 49.0 Å². The third-order valence-electron chi connectivity index (χ3n) is 2.98. The molecule has 0 spiro atoms. The molecule has 4 nitrogen and oxygen atoms in total. The molecule has 0 saturated carbocycles. The van der Waals surface area contributed by atoms with Gasteiger partial charge in [0.2, 0.25) is 11.8 Å². The van der Waals surface area contributed by atoms with E-state index in [0.29, 0.717) is 18.3 Å². The molecule has 2 heterocycles. The van der Waals surface area contributed by atoms with Crippen LogP contribution >= 0.6 is 27.3 Å². The number of nitrogens with zero attached hydrogens (tertiary/aromatic N) is 2. The molecule has 108 valence electrons. The fourth-order valence-corrected chi connectivity index (χ4v) is 3.09. The molecule has 0 unspecified atom stereocenters. The Balaban J connectivity index is 1.55. The van der Waals surface area contributed by atoms with Gasteiger partial charge in [-0.05, 0) is 45.9 Å². The average Bonchev–Trinajstić information content (AvgIpc) is 3.16. The van der Waals surface area contributed by atoms with E-state index in [9.17, 15) is 0 Å². The van der Waals surface area contributed by atoms with E-state index in [1.807, 2.05) is 24.3 Å². The smallest absolute Gasteiger partial charge is 0.248 e. The van der Waals surface area contributed by atoms with Crippen LogP contribution in [0.4, 0.5) is 0 Å². The van der Waals surface area contributed by atoms with Gasteiger partial charge in [-0.2, -0.15) is 0 Å². The molecule has 0 radical (unpaired) electrons. The van der Waals surface area contributed by atoms with Gasteiger partial charge in [-0.25, -0.2) is 0 Å². The summed E-state index contributed by atoms with van der Waals surface area (Å²) in [4.78, 5) is 1.38.